The van der Waals surface area contributed by atoms with Gasteiger partial charge in [-0.05, 0) is 12.3 Å². The van der Waals surface area contributed by atoms with Crippen molar-refractivity contribution in [2.45, 2.75) is 39.5 Å². The van der Waals surface area contributed by atoms with Gasteiger partial charge in [-0.1, -0.05) is 27.2 Å². The van der Waals surface area contributed by atoms with Crippen LogP contribution >= 0.6 is 0 Å². The van der Waals surface area contributed by atoms with Crippen LogP contribution in [0.4, 0.5) is 5.82 Å². The van der Waals surface area contributed by atoms with Crippen molar-refractivity contribution in [2.24, 2.45) is 0 Å². The SMILES string of the molecule is CCCc1c(NC)ncnc1C(C)C. The number of hydrogen-bond donors (Lipinski definition) is 1. The van der Waals surface area contributed by atoms with Crippen LogP contribution in [0.3, 0.4) is 0 Å². The minimum absolute atomic E-state index is 0.464. The van der Waals surface area contributed by atoms with Gasteiger partial charge >= 0.3 is 0 Å². The molecule has 1 heterocycles. The van der Waals surface area contributed by atoms with Crippen LogP contribution in [0.25, 0.3) is 0 Å². The van der Waals surface area contributed by atoms with Gasteiger partial charge < -0.3 is 5.32 Å². The summed E-state index contributed by atoms with van der Waals surface area (Å²) in [6, 6.07) is 0. The van der Waals surface area contributed by atoms with Gasteiger partial charge in [-0.25, -0.2) is 9.97 Å². The number of rotatable bonds is 4. The maximum atomic E-state index is 4.35. The largest absolute Gasteiger partial charge is 0.373 e. The lowest BCUT2D eigenvalue weighted by molar-refractivity contribution is 0.773. The van der Waals surface area contributed by atoms with E-state index < -0.39 is 0 Å². The van der Waals surface area contributed by atoms with Crippen LogP contribution in [0.5, 0.6) is 0 Å². The molecule has 3 nitrogen and oxygen atoms in total. The molecule has 1 aromatic rings. The summed E-state index contributed by atoms with van der Waals surface area (Å²) in [6.45, 7) is 6.51. The molecule has 0 saturated carbocycles. The Morgan fingerprint density at radius 2 is 2.07 bits per heavy atom. The van der Waals surface area contributed by atoms with E-state index in [2.05, 4.69) is 36.1 Å². The molecule has 0 amide bonds. The predicted molar refractivity (Wildman–Crippen MR) is 59.7 cm³/mol. The van der Waals surface area contributed by atoms with Gasteiger partial charge in [-0.15, -0.1) is 0 Å². The van der Waals surface area contributed by atoms with E-state index in [-0.39, 0.29) is 0 Å². The quantitative estimate of drug-likeness (QED) is 0.798. The van der Waals surface area contributed by atoms with Gasteiger partial charge in [-0.3, -0.25) is 0 Å². The second-order valence-corrected chi connectivity index (χ2v) is 3.74. The molecule has 0 atom stereocenters. The zero-order chi connectivity index (χ0) is 10.6. The molecule has 0 aliphatic rings. The summed E-state index contributed by atoms with van der Waals surface area (Å²) in [4.78, 5) is 8.59. The number of nitrogens with one attached hydrogen (secondary N) is 1. The van der Waals surface area contributed by atoms with E-state index in [4.69, 9.17) is 0 Å². The minimum atomic E-state index is 0.464. The van der Waals surface area contributed by atoms with Gasteiger partial charge in [-0.2, -0.15) is 0 Å². The van der Waals surface area contributed by atoms with Gasteiger partial charge in [0.1, 0.15) is 12.1 Å². The lowest BCUT2D eigenvalue weighted by Gasteiger charge is -2.13. The molecule has 0 radical (unpaired) electrons. The van der Waals surface area contributed by atoms with Crippen molar-refractivity contribution in [3.8, 4) is 0 Å². The maximum Gasteiger partial charge on any atom is 0.132 e. The second-order valence-electron chi connectivity index (χ2n) is 3.74. The first kappa shape index (κ1) is 11.0. The summed E-state index contributed by atoms with van der Waals surface area (Å²) in [5.74, 6) is 1.44. The molecule has 1 aromatic heterocycles. The van der Waals surface area contributed by atoms with E-state index in [0.29, 0.717) is 5.92 Å². The number of nitrogens with zero attached hydrogens (tertiary/aromatic N) is 2. The molecule has 0 saturated heterocycles. The third kappa shape index (κ3) is 2.22. The monoisotopic (exact) mass is 193 g/mol. The maximum absolute atomic E-state index is 4.35. The smallest absolute Gasteiger partial charge is 0.132 e. The lowest BCUT2D eigenvalue weighted by atomic mass is 10.0. The molecule has 3 heteroatoms. The second kappa shape index (κ2) is 4.94. The van der Waals surface area contributed by atoms with Crippen LogP contribution in [0.2, 0.25) is 0 Å². The van der Waals surface area contributed by atoms with E-state index in [1.54, 1.807) is 6.33 Å². The molecule has 1 rings (SSSR count). The fraction of sp³-hybridized carbons (Fsp3) is 0.636. The third-order valence-corrected chi connectivity index (χ3v) is 2.26. The molecular formula is C11H19N3. The summed E-state index contributed by atoms with van der Waals surface area (Å²) < 4.78 is 0. The number of aromatic nitrogens is 2. The first-order chi connectivity index (χ1) is 6.70. The van der Waals surface area contributed by atoms with E-state index in [1.165, 1.54) is 11.3 Å². The Morgan fingerprint density at radius 1 is 1.36 bits per heavy atom. The molecule has 14 heavy (non-hydrogen) atoms. The Kier molecular flexibility index (Phi) is 3.86. The van der Waals surface area contributed by atoms with E-state index in [1.807, 2.05) is 7.05 Å². The summed E-state index contributed by atoms with van der Waals surface area (Å²) in [5, 5.41) is 3.12. The first-order valence-corrected chi connectivity index (χ1v) is 5.22. The predicted octanol–water partition coefficient (Wildman–Crippen LogP) is 2.59. The topological polar surface area (TPSA) is 37.8 Å². The van der Waals surface area contributed by atoms with Crippen molar-refractivity contribution < 1.29 is 0 Å². The normalized spacial score (nSPS) is 10.6. The third-order valence-electron chi connectivity index (χ3n) is 2.26. The molecule has 0 spiro atoms. The molecule has 0 fully saturated rings. The average Bonchev–Trinajstić information content (AvgIpc) is 2.18. The van der Waals surface area contributed by atoms with Crippen LogP contribution < -0.4 is 5.32 Å². The highest BCUT2D eigenvalue weighted by Gasteiger charge is 2.11. The van der Waals surface area contributed by atoms with Crippen molar-refractivity contribution in [2.75, 3.05) is 12.4 Å². The van der Waals surface area contributed by atoms with Crippen LogP contribution in [-0.2, 0) is 6.42 Å². The fourth-order valence-electron chi connectivity index (χ4n) is 1.64. The number of hydrogen-bond acceptors (Lipinski definition) is 3. The van der Waals surface area contributed by atoms with Gasteiger partial charge in [0.25, 0.3) is 0 Å². The van der Waals surface area contributed by atoms with Crippen molar-refractivity contribution in [1.82, 2.24) is 9.97 Å². The summed E-state index contributed by atoms with van der Waals surface area (Å²) in [7, 11) is 1.91. The Labute approximate surface area is 86.0 Å². The molecule has 0 aliphatic heterocycles. The van der Waals surface area contributed by atoms with Gasteiger partial charge in [0.15, 0.2) is 0 Å². The Bertz CT molecular complexity index is 295. The molecule has 0 aromatic carbocycles. The zero-order valence-electron chi connectivity index (χ0n) is 9.46. The standard InChI is InChI=1S/C11H19N3/c1-5-6-9-10(8(2)3)13-7-14-11(9)12-4/h7-8H,5-6H2,1-4H3,(H,12,13,14). The average molecular weight is 193 g/mol. The van der Waals surface area contributed by atoms with Crippen molar-refractivity contribution in [3.63, 3.8) is 0 Å². The van der Waals surface area contributed by atoms with E-state index in [0.717, 1.165) is 18.7 Å². The zero-order valence-corrected chi connectivity index (χ0v) is 9.46. The van der Waals surface area contributed by atoms with Gasteiger partial charge in [0.2, 0.25) is 0 Å². The Balaban J connectivity index is 3.13. The summed E-state index contributed by atoms with van der Waals surface area (Å²) >= 11 is 0. The van der Waals surface area contributed by atoms with Crippen LogP contribution in [0.15, 0.2) is 6.33 Å². The molecule has 0 bridgehead atoms. The summed E-state index contributed by atoms with van der Waals surface area (Å²) in [5.41, 5.74) is 2.44. The molecule has 0 aliphatic carbocycles. The fourth-order valence-corrected chi connectivity index (χ4v) is 1.64. The van der Waals surface area contributed by atoms with Crippen molar-refractivity contribution in [3.05, 3.63) is 17.6 Å². The highest BCUT2D eigenvalue weighted by atomic mass is 15.0. The first-order valence-electron chi connectivity index (χ1n) is 5.22. The van der Waals surface area contributed by atoms with Crippen molar-refractivity contribution >= 4 is 5.82 Å². The summed E-state index contributed by atoms with van der Waals surface area (Å²) in [6.07, 6.45) is 3.81. The highest BCUT2D eigenvalue weighted by molar-refractivity contribution is 5.46. The molecule has 0 unspecified atom stereocenters. The Morgan fingerprint density at radius 3 is 2.57 bits per heavy atom. The van der Waals surface area contributed by atoms with E-state index in [9.17, 15) is 0 Å². The van der Waals surface area contributed by atoms with Crippen LogP contribution in [0.1, 0.15) is 44.4 Å². The number of anilines is 1. The van der Waals surface area contributed by atoms with Crippen LogP contribution in [0, 0.1) is 0 Å². The lowest BCUT2D eigenvalue weighted by Crippen LogP contribution is -2.06. The molecular weight excluding hydrogens is 174 g/mol. The minimum Gasteiger partial charge on any atom is -0.373 e. The molecule has 78 valence electrons. The van der Waals surface area contributed by atoms with Crippen LogP contribution in [-0.4, -0.2) is 17.0 Å². The van der Waals surface area contributed by atoms with Gasteiger partial charge in [0, 0.05) is 12.6 Å². The van der Waals surface area contributed by atoms with Gasteiger partial charge in [0.05, 0.1) is 5.69 Å². The van der Waals surface area contributed by atoms with E-state index >= 15 is 0 Å². The van der Waals surface area contributed by atoms with Crippen molar-refractivity contribution in [1.29, 1.82) is 0 Å². The highest BCUT2D eigenvalue weighted by Crippen LogP contribution is 2.23. The Hall–Kier alpha value is -1.12. The molecule has 1 N–H and O–H groups in total.